The summed E-state index contributed by atoms with van der Waals surface area (Å²) in [7, 11) is 0. The van der Waals surface area contributed by atoms with E-state index in [1.54, 1.807) is 43.3 Å². The second kappa shape index (κ2) is 17.1. The van der Waals surface area contributed by atoms with Crippen molar-refractivity contribution in [2.75, 3.05) is 31.6 Å². The maximum atomic E-state index is 13.3. The van der Waals surface area contributed by atoms with Crippen molar-refractivity contribution in [3.8, 4) is 17.2 Å². The standard InChI is InChI=1S/C42H42N4O9/c1-3-32(26-7-13-29(47)14-8-26)37(27-9-15-30(48)16-10-27)28-11-17-31(18-12-28)55-24-22-44-39(50)25(2)54-23-21-43-34-6-4-5-33-38(34)42(53)46(41(33)52)35-19-20-36(49)45-40(35)51/h4-18,25,35,43,47-48H,3,19-24H2,1-2H3,(H,44,50)(H,45,49,51). The molecule has 1 fully saturated rings. The van der Waals surface area contributed by atoms with Gasteiger partial charge in [-0.05, 0) is 96.1 Å². The van der Waals surface area contributed by atoms with Crippen LogP contribution in [0.15, 0.2) is 91.0 Å². The zero-order valence-electron chi connectivity index (χ0n) is 30.5. The summed E-state index contributed by atoms with van der Waals surface area (Å²) in [4.78, 5) is 63.9. The summed E-state index contributed by atoms with van der Waals surface area (Å²) >= 11 is 0. The zero-order chi connectivity index (χ0) is 39.1. The van der Waals surface area contributed by atoms with Gasteiger partial charge < -0.3 is 30.3 Å². The molecular formula is C42H42N4O9. The molecule has 5 N–H and O–H groups in total. The van der Waals surface area contributed by atoms with Crippen LogP contribution in [0, 0.1) is 0 Å². The number of nitrogens with zero attached hydrogens (tertiary/aromatic N) is 1. The number of aromatic hydroxyl groups is 2. The molecule has 55 heavy (non-hydrogen) atoms. The number of carbonyl (C=O) groups is 5. The minimum atomic E-state index is -1.06. The van der Waals surface area contributed by atoms with Crippen molar-refractivity contribution in [3.05, 3.63) is 119 Å². The number of nitrogens with one attached hydrogen (secondary N) is 3. The lowest BCUT2D eigenvalue weighted by Crippen LogP contribution is -2.54. The van der Waals surface area contributed by atoms with E-state index in [1.165, 1.54) is 6.07 Å². The lowest BCUT2D eigenvalue weighted by molar-refractivity contribution is -0.136. The normalized spacial score (nSPS) is 16.3. The molecule has 0 aromatic heterocycles. The molecular weight excluding hydrogens is 704 g/mol. The van der Waals surface area contributed by atoms with E-state index in [0.29, 0.717) is 11.4 Å². The van der Waals surface area contributed by atoms with Gasteiger partial charge in [-0.25, -0.2) is 0 Å². The minimum Gasteiger partial charge on any atom is -0.508 e. The topological polar surface area (TPSA) is 184 Å². The SMILES string of the molecule is CCC(=C(c1ccc(O)cc1)c1ccc(OCCNC(=O)C(C)OCCNc2cccc3c2C(=O)N(C2CCC(=O)NC2=O)C3=O)cc1)c1ccc(O)cc1. The van der Waals surface area contributed by atoms with Gasteiger partial charge in [-0.2, -0.15) is 0 Å². The fraction of sp³-hybridized carbons (Fsp3) is 0.262. The molecule has 2 aliphatic rings. The van der Waals surface area contributed by atoms with E-state index in [-0.39, 0.29) is 67.7 Å². The van der Waals surface area contributed by atoms with Crippen LogP contribution in [-0.4, -0.2) is 83.1 Å². The molecule has 4 aromatic carbocycles. The average Bonchev–Trinajstić information content (AvgIpc) is 3.44. The van der Waals surface area contributed by atoms with E-state index in [1.807, 2.05) is 48.5 Å². The van der Waals surface area contributed by atoms with E-state index in [0.717, 1.165) is 39.2 Å². The van der Waals surface area contributed by atoms with Crippen molar-refractivity contribution >= 4 is 46.4 Å². The molecule has 2 aliphatic heterocycles. The van der Waals surface area contributed by atoms with Crippen LogP contribution in [0.3, 0.4) is 0 Å². The molecule has 1 saturated heterocycles. The van der Waals surface area contributed by atoms with E-state index < -0.39 is 35.8 Å². The molecule has 2 unspecified atom stereocenters. The number of hydrogen-bond acceptors (Lipinski definition) is 10. The fourth-order valence-electron chi connectivity index (χ4n) is 6.70. The first kappa shape index (κ1) is 38.3. The highest BCUT2D eigenvalue weighted by Crippen LogP contribution is 2.36. The first-order valence-electron chi connectivity index (χ1n) is 18.1. The summed E-state index contributed by atoms with van der Waals surface area (Å²) in [5.74, 6) is -1.67. The van der Waals surface area contributed by atoms with E-state index >= 15 is 0 Å². The van der Waals surface area contributed by atoms with Crippen LogP contribution >= 0.6 is 0 Å². The third-order valence-corrected chi connectivity index (χ3v) is 9.46. The Labute approximate surface area is 318 Å². The predicted molar refractivity (Wildman–Crippen MR) is 204 cm³/mol. The number of rotatable bonds is 15. The summed E-state index contributed by atoms with van der Waals surface area (Å²) in [5.41, 5.74) is 5.62. The third kappa shape index (κ3) is 8.68. The summed E-state index contributed by atoms with van der Waals surface area (Å²) in [6, 6.07) is 25.5. The average molecular weight is 747 g/mol. The Hall–Kier alpha value is -6.47. The monoisotopic (exact) mass is 746 g/mol. The molecule has 13 heteroatoms. The van der Waals surface area contributed by atoms with Gasteiger partial charge in [-0.3, -0.25) is 34.2 Å². The molecule has 5 amide bonds. The lowest BCUT2D eigenvalue weighted by atomic mass is 9.88. The molecule has 13 nitrogen and oxygen atoms in total. The molecule has 6 rings (SSSR count). The van der Waals surface area contributed by atoms with E-state index in [4.69, 9.17) is 9.47 Å². The number of ether oxygens (including phenoxy) is 2. The van der Waals surface area contributed by atoms with Crippen LogP contribution < -0.4 is 20.7 Å². The van der Waals surface area contributed by atoms with Crippen molar-refractivity contribution in [3.63, 3.8) is 0 Å². The van der Waals surface area contributed by atoms with E-state index in [9.17, 15) is 34.2 Å². The van der Waals surface area contributed by atoms with Gasteiger partial charge in [-0.15, -0.1) is 0 Å². The van der Waals surface area contributed by atoms with Crippen LogP contribution in [0.1, 0.15) is 70.5 Å². The Morgan fingerprint density at radius 3 is 2.11 bits per heavy atom. The van der Waals surface area contributed by atoms with Crippen molar-refractivity contribution in [1.82, 2.24) is 15.5 Å². The van der Waals surface area contributed by atoms with Gasteiger partial charge in [0.25, 0.3) is 11.8 Å². The van der Waals surface area contributed by atoms with Gasteiger partial charge >= 0.3 is 0 Å². The number of phenolic OH excluding ortho intramolecular Hbond substituents is 2. The first-order chi connectivity index (χ1) is 26.5. The number of allylic oxidation sites excluding steroid dienone is 1. The van der Waals surface area contributed by atoms with E-state index in [2.05, 4.69) is 22.9 Å². The maximum absolute atomic E-state index is 13.3. The van der Waals surface area contributed by atoms with Crippen LogP contribution in [0.25, 0.3) is 11.1 Å². The number of amides is 5. The van der Waals surface area contributed by atoms with Crippen molar-refractivity contribution in [1.29, 1.82) is 0 Å². The van der Waals surface area contributed by atoms with Crippen LogP contribution in [0.2, 0.25) is 0 Å². The molecule has 0 aliphatic carbocycles. The zero-order valence-corrected chi connectivity index (χ0v) is 30.5. The predicted octanol–water partition coefficient (Wildman–Crippen LogP) is 4.88. The Balaban J connectivity index is 0.977. The Kier molecular flexibility index (Phi) is 11.9. The molecule has 4 aromatic rings. The van der Waals surface area contributed by atoms with Gasteiger partial charge in [-0.1, -0.05) is 49.4 Å². The van der Waals surface area contributed by atoms with Gasteiger partial charge in [0.2, 0.25) is 17.7 Å². The van der Waals surface area contributed by atoms with Gasteiger partial charge in [0.05, 0.1) is 24.3 Å². The summed E-state index contributed by atoms with van der Waals surface area (Å²) in [5, 5.41) is 27.8. The number of anilines is 1. The van der Waals surface area contributed by atoms with Crippen molar-refractivity contribution < 1.29 is 43.7 Å². The largest absolute Gasteiger partial charge is 0.508 e. The third-order valence-electron chi connectivity index (χ3n) is 9.46. The fourth-order valence-corrected chi connectivity index (χ4v) is 6.70. The number of piperidine rings is 1. The Morgan fingerprint density at radius 1 is 0.836 bits per heavy atom. The van der Waals surface area contributed by atoms with Gasteiger partial charge in [0.1, 0.15) is 36.0 Å². The molecule has 0 saturated carbocycles. The summed E-state index contributed by atoms with van der Waals surface area (Å²) in [6.07, 6.45) is 0.0474. The number of carbonyl (C=O) groups excluding carboxylic acids is 5. The van der Waals surface area contributed by atoms with Gasteiger partial charge in [0.15, 0.2) is 0 Å². The first-order valence-corrected chi connectivity index (χ1v) is 18.1. The number of phenols is 2. The smallest absolute Gasteiger partial charge is 0.264 e. The number of hydrogen-bond donors (Lipinski definition) is 5. The molecule has 0 bridgehead atoms. The lowest BCUT2D eigenvalue weighted by Gasteiger charge is -2.27. The molecule has 0 spiro atoms. The van der Waals surface area contributed by atoms with Crippen LogP contribution in [0.5, 0.6) is 17.2 Å². The number of fused-ring (bicyclic) bond motifs is 1. The van der Waals surface area contributed by atoms with Crippen molar-refractivity contribution in [2.45, 2.75) is 45.3 Å². The Bertz CT molecular complexity index is 2110. The van der Waals surface area contributed by atoms with Crippen LogP contribution in [-0.2, 0) is 19.1 Å². The maximum Gasteiger partial charge on any atom is 0.264 e. The quantitative estimate of drug-likeness (QED) is 0.0639. The molecule has 2 heterocycles. The minimum absolute atomic E-state index is 0.0335. The molecule has 2 atom stereocenters. The second-order valence-electron chi connectivity index (χ2n) is 13.1. The number of imide groups is 2. The van der Waals surface area contributed by atoms with Gasteiger partial charge in [0, 0.05) is 18.7 Å². The molecule has 284 valence electrons. The highest BCUT2D eigenvalue weighted by molar-refractivity contribution is 6.25. The second-order valence-corrected chi connectivity index (χ2v) is 13.1. The van der Waals surface area contributed by atoms with Crippen LogP contribution in [0.4, 0.5) is 5.69 Å². The highest BCUT2D eigenvalue weighted by Gasteiger charge is 2.45. The summed E-state index contributed by atoms with van der Waals surface area (Å²) in [6.45, 7) is 4.49. The summed E-state index contributed by atoms with van der Waals surface area (Å²) < 4.78 is 11.6. The highest BCUT2D eigenvalue weighted by atomic mass is 16.5. The number of benzene rings is 4. The molecule has 0 radical (unpaired) electrons. The van der Waals surface area contributed by atoms with Crippen molar-refractivity contribution in [2.24, 2.45) is 0 Å². The Morgan fingerprint density at radius 2 is 1.47 bits per heavy atom.